The number of hydrogen-bond acceptors (Lipinski definition) is 4. The Bertz CT molecular complexity index is 1440. The Kier molecular flexibility index (Phi) is 5.55. The molecule has 1 atom stereocenters. The van der Waals surface area contributed by atoms with Gasteiger partial charge in [0.25, 0.3) is 5.56 Å². The number of aromatic nitrogens is 3. The lowest BCUT2D eigenvalue weighted by molar-refractivity contribution is 0.246. The largest absolute Gasteiger partial charge is 0.394 e. The second-order valence-electron chi connectivity index (χ2n) is 8.00. The molecule has 0 bridgehead atoms. The maximum absolute atomic E-state index is 13.9. The fourth-order valence-electron chi connectivity index (χ4n) is 4.20. The van der Waals surface area contributed by atoms with Gasteiger partial charge < -0.3 is 9.67 Å². The SMILES string of the molecule is Cn1cc(C2=NCc3ccc(-c4ccn([C@H](CO)c5cc(F)cc(Br)c5)c(=O)c4)cc32)cn1. The van der Waals surface area contributed by atoms with E-state index in [9.17, 15) is 14.3 Å². The first-order chi connectivity index (χ1) is 15.9. The van der Waals surface area contributed by atoms with Gasteiger partial charge >= 0.3 is 0 Å². The number of halogens is 2. The van der Waals surface area contributed by atoms with E-state index in [-0.39, 0.29) is 12.2 Å². The van der Waals surface area contributed by atoms with Crippen LogP contribution in [0.1, 0.15) is 28.3 Å². The highest BCUT2D eigenvalue weighted by Crippen LogP contribution is 2.29. The first kappa shape index (κ1) is 21.5. The highest BCUT2D eigenvalue weighted by molar-refractivity contribution is 9.10. The molecule has 2 aromatic heterocycles. The third kappa shape index (κ3) is 4.07. The summed E-state index contributed by atoms with van der Waals surface area (Å²) in [4.78, 5) is 17.7. The van der Waals surface area contributed by atoms with Gasteiger partial charge in [-0.05, 0) is 52.6 Å². The van der Waals surface area contributed by atoms with Crippen molar-refractivity contribution in [3.8, 4) is 11.1 Å². The summed E-state index contributed by atoms with van der Waals surface area (Å²) in [5.74, 6) is -0.438. The van der Waals surface area contributed by atoms with Crippen LogP contribution in [0.5, 0.6) is 0 Å². The number of aliphatic hydroxyl groups is 1. The number of rotatable bonds is 5. The Hall–Kier alpha value is -3.36. The number of pyridine rings is 1. The number of hydrogen-bond donors (Lipinski definition) is 1. The molecular formula is C25H20BrFN4O2. The third-order valence-corrected chi connectivity index (χ3v) is 6.27. The number of nitrogens with zero attached hydrogens (tertiary/aromatic N) is 4. The zero-order valence-electron chi connectivity index (χ0n) is 17.7. The van der Waals surface area contributed by atoms with Crippen LogP contribution in [0.25, 0.3) is 11.1 Å². The standard InChI is InChI=1S/C25H20BrFN4O2/c1-30-13-19(12-29-30)25-22-8-15(2-3-17(22)11-28-25)16-4-5-31(24(33)9-16)23(14-32)18-6-20(26)10-21(27)7-18/h2-10,12-13,23,32H,11,14H2,1H3/t23-/m1/s1. The normalized spacial score (nSPS) is 13.6. The topological polar surface area (TPSA) is 72.4 Å². The predicted molar refractivity (Wildman–Crippen MR) is 128 cm³/mol. The molecule has 0 unspecified atom stereocenters. The van der Waals surface area contributed by atoms with Gasteiger partial charge in [-0.1, -0.05) is 28.1 Å². The molecule has 2 aromatic carbocycles. The molecule has 166 valence electrons. The molecule has 5 rings (SSSR count). The molecule has 3 heterocycles. The number of aryl methyl sites for hydroxylation is 1. The lowest BCUT2D eigenvalue weighted by Gasteiger charge is -2.19. The molecule has 0 saturated heterocycles. The lowest BCUT2D eigenvalue weighted by Crippen LogP contribution is -2.27. The van der Waals surface area contributed by atoms with Crippen molar-refractivity contribution in [2.45, 2.75) is 12.6 Å². The molecule has 4 aromatic rings. The second kappa shape index (κ2) is 8.53. The minimum Gasteiger partial charge on any atom is -0.394 e. The van der Waals surface area contributed by atoms with Crippen molar-refractivity contribution in [1.82, 2.24) is 14.3 Å². The van der Waals surface area contributed by atoms with Crippen LogP contribution in [0.15, 0.2) is 81.4 Å². The quantitative estimate of drug-likeness (QED) is 0.443. The van der Waals surface area contributed by atoms with E-state index < -0.39 is 11.9 Å². The number of fused-ring (bicyclic) bond motifs is 1. The highest BCUT2D eigenvalue weighted by atomic mass is 79.9. The number of aliphatic hydroxyl groups excluding tert-OH is 1. The molecule has 1 N–H and O–H groups in total. The van der Waals surface area contributed by atoms with E-state index in [2.05, 4.69) is 26.0 Å². The molecule has 0 spiro atoms. The summed E-state index contributed by atoms with van der Waals surface area (Å²) in [6.45, 7) is 0.280. The van der Waals surface area contributed by atoms with Crippen molar-refractivity contribution >= 4 is 21.6 Å². The van der Waals surface area contributed by atoms with Crippen molar-refractivity contribution in [3.63, 3.8) is 0 Å². The maximum Gasteiger partial charge on any atom is 0.251 e. The van der Waals surface area contributed by atoms with E-state index >= 15 is 0 Å². The Morgan fingerprint density at radius 2 is 1.94 bits per heavy atom. The van der Waals surface area contributed by atoms with Crippen LogP contribution >= 0.6 is 15.9 Å². The van der Waals surface area contributed by atoms with Gasteiger partial charge in [-0.2, -0.15) is 5.10 Å². The van der Waals surface area contributed by atoms with E-state index in [1.165, 1.54) is 22.8 Å². The molecule has 0 fully saturated rings. The average Bonchev–Trinajstić information content (AvgIpc) is 3.40. The molecule has 6 nitrogen and oxygen atoms in total. The van der Waals surface area contributed by atoms with Crippen molar-refractivity contribution < 1.29 is 9.50 Å². The van der Waals surface area contributed by atoms with Gasteiger partial charge in [0, 0.05) is 41.1 Å². The summed E-state index contributed by atoms with van der Waals surface area (Å²) in [6, 6.07) is 13.1. The van der Waals surface area contributed by atoms with Gasteiger partial charge in [-0.25, -0.2) is 4.39 Å². The van der Waals surface area contributed by atoms with E-state index in [4.69, 9.17) is 0 Å². The van der Waals surface area contributed by atoms with Crippen LogP contribution in [-0.2, 0) is 13.6 Å². The average molecular weight is 507 g/mol. The van der Waals surface area contributed by atoms with E-state index in [1.807, 2.05) is 37.5 Å². The van der Waals surface area contributed by atoms with Crippen molar-refractivity contribution in [2.75, 3.05) is 6.61 Å². The van der Waals surface area contributed by atoms with E-state index in [0.29, 0.717) is 16.6 Å². The molecule has 1 aliphatic rings. The summed E-state index contributed by atoms with van der Waals surface area (Å²) in [5, 5.41) is 14.2. The lowest BCUT2D eigenvalue weighted by atomic mass is 9.96. The van der Waals surface area contributed by atoms with Crippen LogP contribution in [0.3, 0.4) is 0 Å². The van der Waals surface area contributed by atoms with Crippen molar-refractivity contribution in [3.05, 3.63) is 110 Å². The van der Waals surface area contributed by atoms with Gasteiger partial charge in [-0.15, -0.1) is 0 Å². The third-order valence-electron chi connectivity index (χ3n) is 5.81. The first-order valence-corrected chi connectivity index (χ1v) is 11.2. The summed E-state index contributed by atoms with van der Waals surface area (Å²) < 4.78 is 17.6. The van der Waals surface area contributed by atoms with Gasteiger partial charge in [0.15, 0.2) is 0 Å². The first-order valence-electron chi connectivity index (χ1n) is 10.4. The van der Waals surface area contributed by atoms with Crippen LogP contribution in [0.2, 0.25) is 0 Å². The summed E-state index contributed by atoms with van der Waals surface area (Å²) in [5.41, 5.74) is 5.88. The van der Waals surface area contributed by atoms with Crippen molar-refractivity contribution in [2.24, 2.45) is 12.0 Å². The fourth-order valence-corrected chi connectivity index (χ4v) is 4.69. The van der Waals surface area contributed by atoms with Gasteiger partial charge in [0.2, 0.25) is 0 Å². The monoisotopic (exact) mass is 506 g/mol. The molecule has 1 aliphatic heterocycles. The predicted octanol–water partition coefficient (Wildman–Crippen LogP) is 4.08. The second-order valence-corrected chi connectivity index (χ2v) is 8.92. The molecule has 0 aliphatic carbocycles. The Morgan fingerprint density at radius 3 is 2.64 bits per heavy atom. The van der Waals surface area contributed by atoms with Crippen LogP contribution in [0.4, 0.5) is 4.39 Å². The molecule has 0 radical (unpaired) electrons. The molecule has 33 heavy (non-hydrogen) atoms. The van der Waals surface area contributed by atoms with E-state index in [0.717, 1.165) is 33.5 Å². The van der Waals surface area contributed by atoms with Gasteiger partial charge in [-0.3, -0.25) is 14.5 Å². The molecule has 8 heteroatoms. The van der Waals surface area contributed by atoms with Crippen LogP contribution in [-0.4, -0.2) is 31.8 Å². The summed E-state index contributed by atoms with van der Waals surface area (Å²) >= 11 is 3.27. The molecule has 0 amide bonds. The summed E-state index contributed by atoms with van der Waals surface area (Å²) in [6.07, 6.45) is 5.36. The minimum atomic E-state index is -0.692. The summed E-state index contributed by atoms with van der Waals surface area (Å²) in [7, 11) is 1.87. The zero-order valence-corrected chi connectivity index (χ0v) is 19.3. The van der Waals surface area contributed by atoms with Crippen LogP contribution < -0.4 is 5.56 Å². The number of aliphatic imine (C=N–C) groups is 1. The molecular weight excluding hydrogens is 487 g/mol. The zero-order chi connectivity index (χ0) is 23.1. The fraction of sp³-hybridized carbons (Fsp3) is 0.160. The maximum atomic E-state index is 13.9. The minimum absolute atomic E-state index is 0.284. The Balaban J connectivity index is 1.50. The molecule has 0 saturated carbocycles. The highest BCUT2D eigenvalue weighted by Gasteiger charge is 2.20. The van der Waals surface area contributed by atoms with Gasteiger partial charge in [0.1, 0.15) is 5.82 Å². The Labute approximate surface area is 197 Å². The Morgan fingerprint density at radius 1 is 1.12 bits per heavy atom. The van der Waals surface area contributed by atoms with Gasteiger partial charge in [0.05, 0.1) is 31.1 Å². The van der Waals surface area contributed by atoms with E-state index in [1.54, 1.807) is 23.1 Å². The number of benzene rings is 2. The smallest absolute Gasteiger partial charge is 0.251 e. The van der Waals surface area contributed by atoms with Crippen molar-refractivity contribution in [1.29, 1.82) is 0 Å². The van der Waals surface area contributed by atoms with Crippen LogP contribution in [0, 0.1) is 5.82 Å².